The van der Waals surface area contributed by atoms with Gasteiger partial charge in [-0.1, -0.05) is 19.8 Å². The normalized spacial score (nSPS) is 23.1. The van der Waals surface area contributed by atoms with Gasteiger partial charge in [-0.2, -0.15) is 0 Å². The molecule has 8 nitrogen and oxygen atoms in total. The Morgan fingerprint density at radius 2 is 1.59 bits per heavy atom. The van der Waals surface area contributed by atoms with Crippen molar-refractivity contribution in [2.24, 2.45) is 5.92 Å². The monoisotopic (exact) mass is 377 g/mol. The number of aliphatic carboxylic acids is 2. The van der Waals surface area contributed by atoms with E-state index in [4.69, 9.17) is 19.8 Å². The van der Waals surface area contributed by atoms with Gasteiger partial charge in [-0.15, -0.1) is 0 Å². The lowest BCUT2D eigenvalue weighted by molar-refractivity contribution is -0.159. The third-order valence-corrected chi connectivity index (χ3v) is 5.14. The van der Waals surface area contributed by atoms with Gasteiger partial charge in [0.1, 0.15) is 0 Å². The van der Waals surface area contributed by atoms with Crippen LogP contribution < -0.4 is 0 Å². The topological polar surface area (TPSA) is 111 Å². The van der Waals surface area contributed by atoms with Crippen LogP contribution in [0.5, 0.6) is 0 Å². The Labute approximate surface area is 158 Å². The summed E-state index contributed by atoms with van der Waals surface area (Å²) in [6, 6.07) is 4.35. The minimum atomic E-state index is -1.82. The Hall–Kier alpha value is -2.48. The number of hydrogen-bond donors (Lipinski definition) is 2. The van der Waals surface area contributed by atoms with Gasteiger partial charge in [0.25, 0.3) is 5.91 Å². The number of carbonyl (C=O) groups excluding carboxylic acids is 1. The van der Waals surface area contributed by atoms with Crippen LogP contribution in [0.25, 0.3) is 0 Å². The minimum absolute atomic E-state index is 0.147. The van der Waals surface area contributed by atoms with E-state index >= 15 is 0 Å². The average Bonchev–Trinajstić information content (AvgIpc) is 2.68. The maximum absolute atomic E-state index is 12.4. The number of rotatable bonds is 2. The molecular weight excluding hydrogens is 350 g/mol. The van der Waals surface area contributed by atoms with Gasteiger partial charge in [-0.25, -0.2) is 9.59 Å². The predicted molar refractivity (Wildman–Crippen MR) is 98.4 cm³/mol. The largest absolute Gasteiger partial charge is 0.473 e. The Kier molecular flexibility index (Phi) is 7.72. The second-order valence-corrected chi connectivity index (χ2v) is 7.10. The first-order valence-corrected chi connectivity index (χ1v) is 9.28. The number of aromatic nitrogens is 1. The highest BCUT2D eigenvalue weighted by Crippen LogP contribution is 2.28. The molecule has 2 fully saturated rings. The van der Waals surface area contributed by atoms with E-state index in [0.29, 0.717) is 0 Å². The molecule has 148 valence electrons. The number of pyridine rings is 1. The number of amides is 1. The second kappa shape index (κ2) is 10.0. The zero-order valence-electron chi connectivity index (χ0n) is 15.6. The summed E-state index contributed by atoms with van der Waals surface area (Å²) in [4.78, 5) is 39.2. The number of carboxylic acids is 2. The van der Waals surface area contributed by atoms with Crippen LogP contribution in [-0.2, 0) is 9.59 Å². The van der Waals surface area contributed by atoms with Crippen molar-refractivity contribution in [3.63, 3.8) is 0 Å². The van der Waals surface area contributed by atoms with E-state index in [0.717, 1.165) is 43.7 Å². The van der Waals surface area contributed by atoms with E-state index in [2.05, 4.69) is 16.8 Å². The van der Waals surface area contributed by atoms with Crippen LogP contribution >= 0.6 is 0 Å². The molecule has 1 aliphatic heterocycles. The Morgan fingerprint density at radius 1 is 1.00 bits per heavy atom. The average molecular weight is 377 g/mol. The summed E-state index contributed by atoms with van der Waals surface area (Å²) in [6.07, 6.45) is 8.79. The minimum Gasteiger partial charge on any atom is -0.473 e. The molecule has 27 heavy (non-hydrogen) atoms. The zero-order chi connectivity index (χ0) is 19.8. The summed E-state index contributed by atoms with van der Waals surface area (Å²) in [5.41, 5.74) is 0.754. The zero-order valence-corrected chi connectivity index (χ0v) is 15.6. The van der Waals surface area contributed by atoms with Crippen LogP contribution in [-0.4, -0.2) is 75.1 Å². The first-order valence-electron chi connectivity index (χ1n) is 9.28. The molecule has 8 heteroatoms. The van der Waals surface area contributed by atoms with Crippen molar-refractivity contribution in [1.82, 2.24) is 14.8 Å². The van der Waals surface area contributed by atoms with Crippen molar-refractivity contribution >= 4 is 17.8 Å². The lowest BCUT2D eigenvalue weighted by Gasteiger charge is -2.42. The van der Waals surface area contributed by atoms with E-state index < -0.39 is 11.9 Å². The standard InChI is InChI=1S/C17H25N3O.C2H2O4/c1-14-3-2-4-16(13-14)19-9-11-20(12-10-19)17(21)15-5-7-18-8-6-15;3-1(4)2(5)6/h5-8,14,16H,2-4,9-13H2,1H3;(H,3,4)(H,5,6). The molecule has 0 aromatic carbocycles. The van der Waals surface area contributed by atoms with Crippen molar-refractivity contribution < 1.29 is 24.6 Å². The molecule has 2 N–H and O–H groups in total. The van der Waals surface area contributed by atoms with E-state index in [1.165, 1.54) is 25.7 Å². The van der Waals surface area contributed by atoms with Crippen LogP contribution in [0.1, 0.15) is 43.0 Å². The quantitative estimate of drug-likeness (QED) is 0.753. The summed E-state index contributed by atoms with van der Waals surface area (Å²) in [5, 5.41) is 14.8. The smallest absolute Gasteiger partial charge is 0.414 e. The third-order valence-electron chi connectivity index (χ3n) is 5.14. The Bertz CT molecular complexity index is 632. The van der Waals surface area contributed by atoms with Gasteiger partial charge >= 0.3 is 11.9 Å². The predicted octanol–water partition coefficient (Wildman–Crippen LogP) is 1.57. The highest BCUT2D eigenvalue weighted by molar-refractivity contribution is 6.27. The van der Waals surface area contributed by atoms with Crippen molar-refractivity contribution in [1.29, 1.82) is 0 Å². The first kappa shape index (κ1) is 20.8. The second-order valence-electron chi connectivity index (χ2n) is 7.10. The summed E-state index contributed by atoms with van der Waals surface area (Å²) >= 11 is 0. The van der Waals surface area contributed by atoms with E-state index in [9.17, 15) is 4.79 Å². The fourth-order valence-electron chi connectivity index (χ4n) is 3.70. The van der Waals surface area contributed by atoms with Gasteiger partial charge in [-0.3, -0.25) is 14.7 Å². The summed E-state index contributed by atoms with van der Waals surface area (Å²) in [6.45, 7) is 6.12. The van der Waals surface area contributed by atoms with E-state index in [1.54, 1.807) is 24.5 Å². The Balaban J connectivity index is 0.000000380. The highest BCUT2D eigenvalue weighted by atomic mass is 16.4. The van der Waals surface area contributed by atoms with Crippen LogP contribution in [0, 0.1) is 5.92 Å². The highest BCUT2D eigenvalue weighted by Gasteiger charge is 2.29. The molecule has 0 bridgehead atoms. The number of nitrogens with zero attached hydrogens (tertiary/aromatic N) is 3. The first-order chi connectivity index (χ1) is 12.9. The van der Waals surface area contributed by atoms with Crippen molar-refractivity contribution in [3.8, 4) is 0 Å². The molecule has 1 saturated carbocycles. The summed E-state index contributed by atoms with van der Waals surface area (Å²) < 4.78 is 0. The fraction of sp³-hybridized carbons (Fsp3) is 0.579. The third kappa shape index (κ3) is 6.32. The molecule has 1 aromatic heterocycles. The molecule has 0 spiro atoms. The summed E-state index contributed by atoms with van der Waals surface area (Å²) in [7, 11) is 0. The van der Waals surface area contributed by atoms with E-state index in [1.807, 2.05) is 4.90 Å². The maximum atomic E-state index is 12.4. The number of carbonyl (C=O) groups is 3. The molecule has 2 heterocycles. The van der Waals surface area contributed by atoms with Gasteiger partial charge < -0.3 is 15.1 Å². The molecule has 1 aliphatic carbocycles. The molecule has 2 unspecified atom stereocenters. The summed E-state index contributed by atoms with van der Waals surface area (Å²) in [5.74, 6) is -2.64. The van der Waals surface area contributed by atoms with Crippen molar-refractivity contribution in [2.75, 3.05) is 26.2 Å². The number of carboxylic acid groups (broad SMARTS) is 2. The van der Waals surface area contributed by atoms with Crippen LogP contribution in [0.2, 0.25) is 0 Å². The molecule has 2 aliphatic rings. The lowest BCUT2D eigenvalue weighted by atomic mass is 9.86. The fourth-order valence-corrected chi connectivity index (χ4v) is 3.70. The van der Waals surface area contributed by atoms with Gasteiger partial charge in [-0.05, 0) is 30.9 Å². The number of hydrogen-bond acceptors (Lipinski definition) is 5. The van der Waals surface area contributed by atoms with Gasteiger partial charge in [0.15, 0.2) is 0 Å². The van der Waals surface area contributed by atoms with E-state index in [-0.39, 0.29) is 5.91 Å². The van der Waals surface area contributed by atoms with Gasteiger partial charge in [0, 0.05) is 50.2 Å². The lowest BCUT2D eigenvalue weighted by Crippen LogP contribution is -2.52. The Morgan fingerprint density at radius 3 is 2.11 bits per heavy atom. The molecule has 2 atom stereocenters. The van der Waals surface area contributed by atoms with Crippen molar-refractivity contribution in [2.45, 2.75) is 38.6 Å². The van der Waals surface area contributed by atoms with Crippen LogP contribution in [0.4, 0.5) is 0 Å². The maximum Gasteiger partial charge on any atom is 0.414 e. The van der Waals surface area contributed by atoms with Gasteiger partial charge in [0.05, 0.1) is 0 Å². The molecule has 1 aromatic rings. The van der Waals surface area contributed by atoms with Crippen LogP contribution in [0.15, 0.2) is 24.5 Å². The SMILES string of the molecule is CC1CCCC(N2CCN(C(=O)c3ccncc3)CC2)C1.O=C(O)C(=O)O. The molecular formula is C19H27N3O5. The number of piperazine rings is 1. The molecule has 3 rings (SSSR count). The van der Waals surface area contributed by atoms with Crippen LogP contribution in [0.3, 0.4) is 0 Å². The molecule has 0 radical (unpaired) electrons. The molecule has 1 saturated heterocycles. The molecule has 1 amide bonds. The van der Waals surface area contributed by atoms with Gasteiger partial charge in [0.2, 0.25) is 0 Å². The van der Waals surface area contributed by atoms with Crippen molar-refractivity contribution in [3.05, 3.63) is 30.1 Å².